The monoisotopic (exact) mass is 300 g/mol. The van der Waals surface area contributed by atoms with Gasteiger partial charge in [-0.3, -0.25) is 0 Å². The summed E-state index contributed by atoms with van der Waals surface area (Å²) in [6.07, 6.45) is 8.41. The second kappa shape index (κ2) is 10.5. The predicted molar refractivity (Wildman–Crippen MR) is 86.4 cm³/mol. The number of rotatable bonds is 9. The van der Waals surface area contributed by atoms with Crippen molar-refractivity contribution in [2.45, 2.75) is 70.9 Å². The standard InChI is InChI=1S/C16H32O3Si/c1-4-20(5-2,6-3)19-15-11-8-12-16-17-13-9-7-10-14-18-16/h7,9,16H,4-6,8,10-15H2,1-3H3/b9-7-. The Morgan fingerprint density at radius 3 is 2.50 bits per heavy atom. The van der Waals surface area contributed by atoms with Crippen molar-refractivity contribution in [3.05, 3.63) is 12.2 Å². The average Bonchev–Trinajstić information content (AvgIpc) is 2.45. The molecule has 0 fully saturated rings. The summed E-state index contributed by atoms with van der Waals surface area (Å²) in [5.74, 6) is 0. The molecular formula is C16H32O3Si. The van der Waals surface area contributed by atoms with Gasteiger partial charge in [0.15, 0.2) is 14.6 Å². The maximum Gasteiger partial charge on any atom is 0.191 e. The molecule has 0 radical (unpaired) electrons. The molecule has 20 heavy (non-hydrogen) atoms. The molecule has 1 heterocycles. The van der Waals surface area contributed by atoms with Crippen LogP contribution < -0.4 is 0 Å². The van der Waals surface area contributed by atoms with Crippen molar-refractivity contribution in [1.82, 2.24) is 0 Å². The van der Waals surface area contributed by atoms with Crippen molar-refractivity contribution >= 4 is 8.32 Å². The van der Waals surface area contributed by atoms with E-state index in [0.29, 0.717) is 6.61 Å². The highest BCUT2D eigenvalue weighted by Gasteiger charge is 2.28. The zero-order chi connectivity index (χ0) is 14.7. The third-order valence-electron chi connectivity index (χ3n) is 4.31. The van der Waals surface area contributed by atoms with Crippen molar-refractivity contribution in [2.75, 3.05) is 19.8 Å². The molecular weight excluding hydrogens is 268 g/mol. The first-order chi connectivity index (χ1) is 9.76. The molecule has 0 spiro atoms. The van der Waals surface area contributed by atoms with E-state index >= 15 is 0 Å². The summed E-state index contributed by atoms with van der Waals surface area (Å²) < 4.78 is 17.6. The van der Waals surface area contributed by atoms with Crippen molar-refractivity contribution < 1.29 is 13.9 Å². The van der Waals surface area contributed by atoms with Crippen molar-refractivity contribution in [3.8, 4) is 0 Å². The third kappa shape index (κ3) is 6.53. The molecule has 1 unspecified atom stereocenters. The Morgan fingerprint density at radius 2 is 1.80 bits per heavy atom. The zero-order valence-corrected chi connectivity index (χ0v) is 14.5. The van der Waals surface area contributed by atoms with Gasteiger partial charge in [0, 0.05) is 6.61 Å². The lowest BCUT2D eigenvalue weighted by molar-refractivity contribution is -0.140. The highest BCUT2D eigenvalue weighted by molar-refractivity contribution is 6.73. The molecule has 0 aliphatic carbocycles. The molecule has 0 saturated carbocycles. The molecule has 0 aromatic rings. The fraction of sp³-hybridized carbons (Fsp3) is 0.875. The summed E-state index contributed by atoms with van der Waals surface area (Å²) in [6, 6.07) is 3.71. The normalized spacial score (nSPS) is 22.2. The molecule has 0 aromatic heterocycles. The van der Waals surface area contributed by atoms with E-state index in [-0.39, 0.29) is 6.29 Å². The molecule has 1 aliphatic heterocycles. The molecule has 0 saturated heterocycles. The van der Waals surface area contributed by atoms with Gasteiger partial charge in [-0.05, 0) is 43.8 Å². The van der Waals surface area contributed by atoms with Crippen molar-refractivity contribution in [1.29, 1.82) is 0 Å². The van der Waals surface area contributed by atoms with Crippen LogP contribution in [0, 0.1) is 0 Å². The van der Waals surface area contributed by atoms with Gasteiger partial charge in [0.2, 0.25) is 0 Å². The van der Waals surface area contributed by atoms with Crippen LogP contribution in [0.3, 0.4) is 0 Å². The van der Waals surface area contributed by atoms with Crippen LogP contribution >= 0.6 is 0 Å². The minimum atomic E-state index is -1.39. The molecule has 118 valence electrons. The Labute approximate surface area is 125 Å². The molecule has 3 nitrogen and oxygen atoms in total. The Kier molecular flexibility index (Phi) is 9.43. The average molecular weight is 301 g/mol. The van der Waals surface area contributed by atoms with Gasteiger partial charge in [-0.25, -0.2) is 0 Å². The lowest BCUT2D eigenvalue weighted by Crippen LogP contribution is -2.36. The van der Waals surface area contributed by atoms with Gasteiger partial charge < -0.3 is 13.9 Å². The lowest BCUT2D eigenvalue weighted by atomic mass is 10.2. The van der Waals surface area contributed by atoms with Gasteiger partial charge in [-0.15, -0.1) is 0 Å². The Hall–Kier alpha value is -0.163. The number of ether oxygens (including phenoxy) is 2. The van der Waals surface area contributed by atoms with Crippen LogP contribution in [-0.2, 0) is 13.9 Å². The SMILES string of the molecule is CC[Si](CC)(CC)OCCCCC1OC/C=C\CCO1. The maximum atomic E-state index is 6.26. The summed E-state index contributed by atoms with van der Waals surface area (Å²) in [5, 5.41) is 0. The van der Waals surface area contributed by atoms with Gasteiger partial charge in [0.25, 0.3) is 0 Å². The molecule has 1 aliphatic rings. The van der Waals surface area contributed by atoms with Crippen LogP contribution in [0.4, 0.5) is 0 Å². The predicted octanol–water partition coefficient (Wildman–Crippen LogP) is 4.50. The molecule has 0 N–H and O–H groups in total. The van der Waals surface area contributed by atoms with Crippen LogP contribution in [0.1, 0.15) is 46.5 Å². The smallest absolute Gasteiger partial charge is 0.191 e. The van der Waals surface area contributed by atoms with Crippen LogP contribution in [0.2, 0.25) is 18.1 Å². The second-order valence-corrected chi connectivity index (χ2v) is 10.3. The van der Waals surface area contributed by atoms with Crippen LogP contribution in [0.15, 0.2) is 12.2 Å². The van der Waals surface area contributed by atoms with Gasteiger partial charge in [0.1, 0.15) is 0 Å². The summed E-state index contributed by atoms with van der Waals surface area (Å²) in [7, 11) is -1.39. The minimum Gasteiger partial charge on any atom is -0.417 e. The summed E-state index contributed by atoms with van der Waals surface area (Å²) in [5.41, 5.74) is 0. The summed E-state index contributed by atoms with van der Waals surface area (Å²) in [4.78, 5) is 0. The first-order valence-corrected chi connectivity index (χ1v) is 10.8. The summed E-state index contributed by atoms with van der Waals surface area (Å²) >= 11 is 0. The topological polar surface area (TPSA) is 27.7 Å². The lowest BCUT2D eigenvalue weighted by Gasteiger charge is -2.28. The fourth-order valence-electron chi connectivity index (χ4n) is 2.59. The van der Waals surface area contributed by atoms with Gasteiger partial charge >= 0.3 is 0 Å². The van der Waals surface area contributed by atoms with E-state index in [1.165, 1.54) is 18.1 Å². The molecule has 1 rings (SSSR count). The first-order valence-electron chi connectivity index (χ1n) is 8.28. The summed E-state index contributed by atoms with van der Waals surface area (Å²) in [6.45, 7) is 9.21. The number of unbranched alkanes of at least 4 members (excludes halogenated alkanes) is 1. The zero-order valence-electron chi connectivity index (χ0n) is 13.5. The van der Waals surface area contributed by atoms with E-state index in [0.717, 1.165) is 38.9 Å². The van der Waals surface area contributed by atoms with Crippen LogP contribution in [0.25, 0.3) is 0 Å². The number of hydrogen-bond donors (Lipinski definition) is 0. The molecule has 1 atom stereocenters. The van der Waals surface area contributed by atoms with Crippen molar-refractivity contribution in [3.63, 3.8) is 0 Å². The Morgan fingerprint density at radius 1 is 1.05 bits per heavy atom. The third-order valence-corrected chi connectivity index (χ3v) is 8.99. The largest absolute Gasteiger partial charge is 0.417 e. The highest BCUT2D eigenvalue weighted by Crippen LogP contribution is 2.22. The number of hydrogen-bond acceptors (Lipinski definition) is 3. The quantitative estimate of drug-likeness (QED) is 0.356. The van der Waals surface area contributed by atoms with E-state index in [1.807, 2.05) is 0 Å². The van der Waals surface area contributed by atoms with E-state index in [1.54, 1.807) is 0 Å². The van der Waals surface area contributed by atoms with Crippen LogP contribution in [0.5, 0.6) is 0 Å². The minimum absolute atomic E-state index is 0.0227. The first kappa shape index (κ1) is 17.9. The van der Waals surface area contributed by atoms with Gasteiger partial charge in [-0.1, -0.05) is 32.9 Å². The van der Waals surface area contributed by atoms with E-state index in [2.05, 4.69) is 32.9 Å². The molecule has 0 amide bonds. The molecule has 4 heteroatoms. The molecule has 0 bridgehead atoms. The highest BCUT2D eigenvalue weighted by atomic mass is 28.4. The van der Waals surface area contributed by atoms with E-state index < -0.39 is 8.32 Å². The van der Waals surface area contributed by atoms with Gasteiger partial charge in [0.05, 0.1) is 13.2 Å². The molecule has 0 aromatic carbocycles. The van der Waals surface area contributed by atoms with Crippen LogP contribution in [-0.4, -0.2) is 34.4 Å². The Balaban J connectivity index is 2.13. The fourth-order valence-corrected chi connectivity index (χ4v) is 5.28. The van der Waals surface area contributed by atoms with E-state index in [4.69, 9.17) is 13.9 Å². The van der Waals surface area contributed by atoms with Crippen molar-refractivity contribution in [2.24, 2.45) is 0 Å². The van der Waals surface area contributed by atoms with E-state index in [9.17, 15) is 0 Å². The second-order valence-electron chi connectivity index (χ2n) is 5.48. The van der Waals surface area contributed by atoms with Gasteiger partial charge in [-0.2, -0.15) is 0 Å². The Bertz CT molecular complexity index is 256. The maximum absolute atomic E-state index is 6.26.